The molecular formula is C14H19NO6. The fourth-order valence-electron chi connectivity index (χ4n) is 1.50. The maximum absolute atomic E-state index is 11.4. The third kappa shape index (κ3) is 8.77. The highest BCUT2D eigenvalue weighted by atomic mass is 17.1. The van der Waals surface area contributed by atoms with Crippen LogP contribution < -0.4 is 0 Å². The van der Waals surface area contributed by atoms with E-state index in [4.69, 9.17) is 20.3 Å². The fourth-order valence-corrected chi connectivity index (χ4v) is 1.50. The Hall–Kier alpha value is -1.93. The number of hydrogen-bond acceptors (Lipinski definition) is 7. The second-order valence-electron chi connectivity index (χ2n) is 4.24. The van der Waals surface area contributed by atoms with E-state index in [1.165, 1.54) is 18.2 Å². The molecule has 116 valence electrons. The minimum Gasteiger partial charge on any atom is -0.508 e. The molecule has 0 aliphatic rings. The molecule has 7 nitrogen and oxygen atoms in total. The Kier molecular flexibility index (Phi) is 8.07. The van der Waals surface area contributed by atoms with E-state index < -0.39 is 5.97 Å². The molecule has 0 amide bonds. The Balaban J connectivity index is 2.10. The topological polar surface area (TPSA) is 99.5 Å². The number of carbonyl (C=O) groups excluding carboxylic acids is 1. The van der Waals surface area contributed by atoms with Crippen molar-refractivity contribution < 1.29 is 29.9 Å². The summed E-state index contributed by atoms with van der Waals surface area (Å²) in [5.41, 5.74) is 0.791. The van der Waals surface area contributed by atoms with Crippen molar-refractivity contribution in [1.29, 1.82) is 0 Å². The lowest BCUT2D eigenvalue weighted by molar-refractivity contribution is -0.492. The summed E-state index contributed by atoms with van der Waals surface area (Å²) >= 11 is 0. The summed E-state index contributed by atoms with van der Waals surface area (Å²) < 4.78 is 4.99. The van der Waals surface area contributed by atoms with Crippen molar-refractivity contribution in [2.75, 3.05) is 13.2 Å². The van der Waals surface area contributed by atoms with E-state index in [0.717, 1.165) is 12.0 Å². The summed E-state index contributed by atoms with van der Waals surface area (Å²) in [5, 5.41) is 25.3. The van der Waals surface area contributed by atoms with Crippen LogP contribution in [0.3, 0.4) is 0 Å². The first-order valence-electron chi connectivity index (χ1n) is 6.52. The van der Waals surface area contributed by atoms with Crippen molar-refractivity contribution in [3.63, 3.8) is 0 Å². The van der Waals surface area contributed by atoms with Gasteiger partial charge < -0.3 is 9.84 Å². The molecule has 0 aliphatic carbocycles. The van der Waals surface area contributed by atoms with E-state index in [0.29, 0.717) is 19.4 Å². The normalized spacial score (nSPS) is 11.2. The van der Waals surface area contributed by atoms with Crippen molar-refractivity contribution in [3.05, 3.63) is 35.9 Å². The first-order chi connectivity index (χ1) is 10.1. The van der Waals surface area contributed by atoms with Crippen LogP contribution in [0, 0.1) is 0 Å². The molecule has 0 saturated carbocycles. The van der Waals surface area contributed by atoms with Gasteiger partial charge in [-0.2, -0.15) is 0 Å². The Morgan fingerprint density at radius 1 is 1.10 bits per heavy atom. The lowest BCUT2D eigenvalue weighted by Gasteiger charge is -2.05. The lowest BCUT2D eigenvalue weighted by Crippen LogP contribution is -2.15. The van der Waals surface area contributed by atoms with Gasteiger partial charge in [0.05, 0.1) is 18.6 Å². The number of hydrogen-bond donors (Lipinski definition) is 3. The number of benzene rings is 1. The van der Waals surface area contributed by atoms with Gasteiger partial charge in [-0.05, 0) is 43.0 Å². The third-order valence-corrected chi connectivity index (χ3v) is 2.54. The van der Waals surface area contributed by atoms with E-state index >= 15 is 0 Å². The molecule has 0 radical (unpaired) electrons. The van der Waals surface area contributed by atoms with E-state index in [1.54, 1.807) is 18.2 Å². The van der Waals surface area contributed by atoms with Gasteiger partial charge in [0.15, 0.2) is 0 Å². The Morgan fingerprint density at radius 3 is 2.43 bits per heavy atom. The van der Waals surface area contributed by atoms with Crippen LogP contribution in [-0.4, -0.2) is 40.1 Å². The SMILES string of the molecule is O=C(/C=C/c1ccc(O)cc1)OCCCCCON(O)O. The second kappa shape index (κ2) is 9.89. The highest BCUT2D eigenvalue weighted by Gasteiger charge is 1.98. The average molecular weight is 297 g/mol. The van der Waals surface area contributed by atoms with Crippen LogP contribution in [0.25, 0.3) is 6.08 Å². The summed E-state index contributed by atoms with van der Waals surface area (Å²) in [5.74, 6) is -0.263. The molecule has 1 rings (SSSR count). The van der Waals surface area contributed by atoms with Gasteiger partial charge in [-0.15, -0.1) is 0 Å². The quantitative estimate of drug-likeness (QED) is 0.278. The zero-order valence-electron chi connectivity index (χ0n) is 11.5. The van der Waals surface area contributed by atoms with Crippen molar-refractivity contribution in [2.45, 2.75) is 19.3 Å². The molecule has 1 aromatic rings. The van der Waals surface area contributed by atoms with Gasteiger partial charge in [0, 0.05) is 6.08 Å². The van der Waals surface area contributed by atoms with E-state index in [2.05, 4.69) is 4.84 Å². The van der Waals surface area contributed by atoms with Crippen LogP contribution in [0.1, 0.15) is 24.8 Å². The van der Waals surface area contributed by atoms with Crippen molar-refractivity contribution >= 4 is 12.0 Å². The van der Waals surface area contributed by atoms with Crippen molar-refractivity contribution in [2.24, 2.45) is 0 Å². The average Bonchev–Trinajstić information content (AvgIpc) is 2.45. The summed E-state index contributed by atoms with van der Waals surface area (Å²) in [6, 6.07) is 6.44. The maximum Gasteiger partial charge on any atom is 0.330 e. The molecule has 0 heterocycles. The van der Waals surface area contributed by atoms with E-state index in [-0.39, 0.29) is 17.7 Å². The first kappa shape index (κ1) is 17.1. The third-order valence-electron chi connectivity index (χ3n) is 2.54. The van der Waals surface area contributed by atoms with Gasteiger partial charge in [-0.1, -0.05) is 12.1 Å². The number of rotatable bonds is 9. The minimum absolute atomic E-state index is 0.171. The monoisotopic (exact) mass is 297 g/mol. The van der Waals surface area contributed by atoms with E-state index in [9.17, 15) is 4.79 Å². The molecule has 1 aromatic carbocycles. The molecule has 0 unspecified atom stereocenters. The van der Waals surface area contributed by atoms with Gasteiger partial charge in [0.2, 0.25) is 0 Å². The zero-order chi connectivity index (χ0) is 15.5. The molecule has 0 atom stereocenters. The fraction of sp³-hybridized carbons (Fsp3) is 0.357. The molecule has 3 N–H and O–H groups in total. The summed E-state index contributed by atoms with van der Waals surface area (Å²) in [4.78, 5) is 15.8. The number of aromatic hydroxyl groups is 1. The number of carbonyl (C=O) groups is 1. The van der Waals surface area contributed by atoms with Crippen LogP contribution in [0.5, 0.6) is 5.75 Å². The Labute approximate surface area is 122 Å². The predicted octanol–water partition coefficient (Wildman–Crippen LogP) is 2.13. The molecule has 0 saturated heterocycles. The van der Waals surface area contributed by atoms with Gasteiger partial charge in [-0.3, -0.25) is 15.3 Å². The maximum atomic E-state index is 11.4. The molecule has 0 fully saturated rings. The van der Waals surface area contributed by atoms with Crippen molar-refractivity contribution in [1.82, 2.24) is 5.39 Å². The number of nitrogens with zero attached hydrogens (tertiary/aromatic N) is 1. The number of ether oxygens (including phenoxy) is 1. The van der Waals surface area contributed by atoms with Crippen molar-refractivity contribution in [3.8, 4) is 5.75 Å². The Morgan fingerprint density at radius 2 is 1.76 bits per heavy atom. The first-order valence-corrected chi connectivity index (χ1v) is 6.52. The van der Waals surface area contributed by atoms with Gasteiger partial charge in [-0.25, -0.2) is 4.79 Å². The predicted molar refractivity (Wildman–Crippen MR) is 73.3 cm³/mol. The van der Waals surface area contributed by atoms with Crippen LogP contribution in [0.4, 0.5) is 0 Å². The van der Waals surface area contributed by atoms with Gasteiger partial charge >= 0.3 is 5.97 Å². The highest BCUT2D eigenvalue weighted by Crippen LogP contribution is 2.10. The van der Waals surface area contributed by atoms with Crippen LogP contribution in [0.2, 0.25) is 0 Å². The summed E-state index contributed by atoms with van der Waals surface area (Å²) in [6.07, 6.45) is 4.96. The zero-order valence-corrected chi connectivity index (χ0v) is 11.5. The molecule has 7 heteroatoms. The lowest BCUT2D eigenvalue weighted by atomic mass is 10.2. The minimum atomic E-state index is -0.434. The van der Waals surface area contributed by atoms with Gasteiger partial charge in [0.1, 0.15) is 5.75 Å². The summed E-state index contributed by atoms with van der Waals surface area (Å²) in [7, 11) is 0. The molecule has 0 spiro atoms. The Bertz CT molecular complexity index is 443. The second-order valence-corrected chi connectivity index (χ2v) is 4.24. The van der Waals surface area contributed by atoms with Gasteiger partial charge in [0.25, 0.3) is 0 Å². The standard InChI is InChI=1S/C14H19NO6/c16-13-7-4-12(5-8-13)6-9-14(17)20-10-2-1-3-11-21-15(18)19/h4-9,16,18-19H,1-3,10-11H2/b9-6+. The van der Waals surface area contributed by atoms with Crippen LogP contribution in [0.15, 0.2) is 30.3 Å². The van der Waals surface area contributed by atoms with E-state index in [1.807, 2.05) is 0 Å². The largest absolute Gasteiger partial charge is 0.508 e. The number of unbranched alkanes of at least 4 members (excludes halogenated alkanes) is 2. The van der Waals surface area contributed by atoms with Crippen LogP contribution >= 0.6 is 0 Å². The molecule has 0 bridgehead atoms. The smallest absolute Gasteiger partial charge is 0.330 e. The number of phenolic OH excluding ortho intramolecular Hbond substituents is 1. The highest BCUT2D eigenvalue weighted by molar-refractivity contribution is 5.87. The number of phenols is 1. The number of esters is 1. The van der Waals surface area contributed by atoms with Crippen LogP contribution in [-0.2, 0) is 14.4 Å². The molecular weight excluding hydrogens is 278 g/mol. The molecule has 0 aromatic heterocycles. The summed E-state index contributed by atoms with van der Waals surface area (Å²) in [6.45, 7) is 0.475. The molecule has 0 aliphatic heterocycles. The molecule has 21 heavy (non-hydrogen) atoms.